The number of nitrogens with zero attached hydrogens (tertiary/aromatic N) is 1. The molecule has 1 N–H and O–H groups in total. The van der Waals surface area contributed by atoms with Gasteiger partial charge in [0.2, 0.25) is 0 Å². The molecule has 0 unspecified atom stereocenters. The molecule has 0 saturated heterocycles. The van der Waals surface area contributed by atoms with Crippen molar-refractivity contribution in [1.29, 1.82) is 5.26 Å². The Morgan fingerprint density at radius 3 is 2.38 bits per heavy atom. The summed E-state index contributed by atoms with van der Waals surface area (Å²) in [6.07, 6.45) is 0. The summed E-state index contributed by atoms with van der Waals surface area (Å²) in [6.45, 7) is 0. The highest BCUT2D eigenvalue weighted by molar-refractivity contribution is 7.92. The van der Waals surface area contributed by atoms with E-state index in [1.54, 1.807) is 0 Å². The minimum atomic E-state index is -3.94. The Labute approximate surface area is 130 Å². The molecule has 2 aromatic carbocycles. The van der Waals surface area contributed by atoms with Gasteiger partial charge >= 0.3 is 0 Å². The first-order valence-electron chi connectivity index (χ1n) is 5.51. The molecule has 108 valence electrons. The third kappa shape index (κ3) is 3.45. The fourth-order valence-corrected chi connectivity index (χ4v) is 3.01. The van der Waals surface area contributed by atoms with Gasteiger partial charge in [-0.05, 0) is 36.4 Å². The highest BCUT2D eigenvalue weighted by atomic mass is 35.5. The average Bonchev–Trinajstić information content (AvgIpc) is 2.42. The van der Waals surface area contributed by atoms with Crippen molar-refractivity contribution in [2.75, 3.05) is 4.72 Å². The van der Waals surface area contributed by atoms with Crippen molar-refractivity contribution in [3.63, 3.8) is 0 Å². The maximum atomic E-state index is 13.3. The molecule has 0 fully saturated rings. The summed E-state index contributed by atoms with van der Waals surface area (Å²) in [6, 6.07) is 9.03. The Bertz CT molecular complexity index is 848. The van der Waals surface area contributed by atoms with Crippen LogP contribution in [0.1, 0.15) is 5.56 Å². The zero-order chi connectivity index (χ0) is 15.6. The summed E-state index contributed by atoms with van der Waals surface area (Å²) in [5, 5.41) is 8.65. The summed E-state index contributed by atoms with van der Waals surface area (Å²) >= 11 is 11.3. The smallest absolute Gasteiger partial charge is 0.261 e. The summed E-state index contributed by atoms with van der Waals surface area (Å²) in [7, 11) is -3.94. The first-order valence-corrected chi connectivity index (χ1v) is 7.75. The van der Waals surface area contributed by atoms with Gasteiger partial charge in [0.05, 0.1) is 26.2 Å². The minimum absolute atomic E-state index is 0.0164. The van der Waals surface area contributed by atoms with Gasteiger partial charge in [0, 0.05) is 0 Å². The molecule has 0 aromatic heterocycles. The van der Waals surface area contributed by atoms with Crippen LogP contribution >= 0.6 is 23.2 Å². The van der Waals surface area contributed by atoms with Crippen LogP contribution in [-0.4, -0.2) is 8.42 Å². The normalized spacial score (nSPS) is 11.0. The topological polar surface area (TPSA) is 70.0 Å². The van der Waals surface area contributed by atoms with Crippen molar-refractivity contribution in [3.05, 3.63) is 57.8 Å². The molecule has 8 heteroatoms. The van der Waals surface area contributed by atoms with Crippen LogP contribution in [-0.2, 0) is 10.0 Å². The van der Waals surface area contributed by atoms with Crippen LogP contribution in [0.3, 0.4) is 0 Å². The maximum Gasteiger partial charge on any atom is 0.261 e. The summed E-state index contributed by atoms with van der Waals surface area (Å²) in [5.74, 6) is -0.741. The maximum absolute atomic E-state index is 13.3. The third-order valence-electron chi connectivity index (χ3n) is 2.54. The summed E-state index contributed by atoms with van der Waals surface area (Å²) < 4.78 is 39.8. The van der Waals surface area contributed by atoms with E-state index in [9.17, 15) is 12.8 Å². The molecule has 0 atom stereocenters. The van der Waals surface area contributed by atoms with E-state index in [2.05, 4.69) is 4.72 Å². The first kappa shape index (κ1) is 15.6. The number of halogens is 3. The van der Waals surface area contributed by atoms with Crippen molar-refractivity contribution >= 4 is 38.9 Å². The van der Waals surface area contributed by atoms with E-state index in [-0.39, 0.29) is 26.2 Å². The van der Waals surface area contributed by atoms with Crippen molar-refractivity contribution in [2.45, 2.75) is 4.90 Å². The Kier molecular flexibility index (Phi) is 4.37. The monoisotopic (exact) mass is 344 g/mol. The molecule has 2 rings (SSSR count). The largest absolute Gasteiger partial charge is 0.280 e. The molecular formula is C13H7Cl2FN2O2S. The number of benzene rings is 2. The van der Waals surface area contributed by atoms with E-state index < -0.39 is 15.8 Å². The number of sulfonamides is 1. The fraction of sp³-hybridized carbons (Fsp3) is 0. The van der Waals surface area contributed by atoms with E-state index in [4.69, 9.17) is 28.5 Å². The van der Waals surface area contributed by atoms with Crippen molar-refractivity contribution in [3.8, 4) is 6.07 Å². The van der Waals surface area contributed by atoms with Gasteiger partial charge in [-0.25, -0.2) is 12.8 Å². The van der Waals surface area contributed by atoms with Crippen LogP contribution in [0.4, 0.5) is 10.1 Å². The molecule has 0 heterocycles. The highest BCUT2D eigenvalue weighted by Crippen LogP contribution is 2.24. The lowest BCUT2D eigenvalue weighted by Gasteiger charge is -2.09. The number of anilines is 1. The number of hydrogen-bond acceptors (Lipinski definition) is 3. The van der Waals surface area contributed by atoms with Crippen LogP contribution in [0.5, 0.6) is 0 Å². The second-order valence-corrected chi connectivity index (χ2v) is 6.48. The lowest BCUT2D eigenvalue weighted by molar-refractivity contribution is 0.601. The Morgan fingerprint density at radius 1 is 1.10 bits per heavy atom. The van der Waals surface area contributed by atoms with Gasteiger partial charge in [0.15, 0.2) is 0 Å². The van der Waals surface area contributed by atoms with Crippen molar-refractivity contribution in [1.82, 2.24) is 0 Å². The second kappa shape index (κ2) is 5.90. The Balaban J connectivity index is 2.36. The molecule has 4 nitrogen and oxygen atoms in total. The van der Waals surface area contributed by atoms with Gasteiger partial charge in [-0.1, -0.05) is 23.2 Å². The molecule has 0 aliphatic rings. The molecule has 0 aliphatic carbocycles. The summed E-state index contributed by atoms with van der Waals surface area (Å²) in [5.41, 5.74) is 0.186. The third-order valence-corrected chi connectivity index (χ3v) is 4.54. The standard InChI is InChI=1S/C13H7Cl2FN2O2S/c14-11-4-2-9(5-13(11)16)18-21(19,20)10-3-1-8(7-17)12(15)6-10/h1-6,18H. The number of rotatable bonds is 3. The number of nitrogens with one attached hydrogen (secondary N) is 1. The van der Waals surface area contributed by atoms with E-state index in [0.717, 1.165) is 12.1 Å². The fourth-order valence-electron chi connectivity index (χ4n) is 1.53. The van der Waals surface area contributed by atoms with E-state index in [0.29, 0.717) is 0 Å². The van der Waals surface area contributed by atoms with Crippen molar-refractivity contribution < 1.29 is 12.8 Å². The van der Waals surface area contributed by atoms with E-state index in [1.807, 2.05) is 6.07 Å². The molecule has 0 aliphatic heterocycles. The van der Waals surface area contributed by atoms with Crippen LogP contribution in [0.25, 0.3) is 0 Å². The van der Waals surface area contributed by atoms with Crippen LogP contribution < -0.4 is 4.72 Å². The average molecular weight is 345 g/mol. The van der Waals surface area contributed by atoms with Gasteiger partial charge in [-0.15, -0.1) is 0 Å². The second-order valence-electron chi connectivity index (χ2n) is 3.99. The molecule has 0 bridgehead atoms. The molecule has 0 saturated carbocycles. The van der Waals surface area contributed by atoms with Gasteiger partial charge in [0.1, 0.15) is 11.9 Å². The zero-order valence-corrected chi connectivity index (χ0v) is 12.6. The van der Waals surface area contributed by atoms with Gasteiger partial charge in [-0.3, -0.25) is 4.72 Å². The van der Waals surface area contributed by atoms with E-state index in [1.165, 1.54) is 24.3 Å². The van der Waals surface area contributed by atoms with Crippen molar-refractivity contribution in [2.24, 2.45) is 0 Å². The summed E-state index contributed by atoms with van der Waals surface area (Å²) in [4.78, 5) is -0.137. The predicted molar refractivity (Wildman–Crippen MR) is 78.4 cm³/mol. The Hall–Kier alpha value is -1.81. The lowest BCUT2D eigenvalue weighted by Crippen LogP contribution is -2.13. The van der Waals surface area contributed by atoms with Gasteiger partial charge in [0.25, 0.3) is 10.0 Å². The van der Waals surface area contributed by atoms with E-state index >= 15 is 0 Å². The molecule has 0 radical (unpaired) electrons. The zero-order valence-electron chi connectivity index (χ0n) is 10.3. The lowest BCUT2D eigenvalue weighted by atomic mass is 10.2. The quantitative estimate of drug-likeness (QED) is 0.920. The molecule has 0 amide bonds. The highest BCUT2D eigenvalue weighted by Gasteiger charge is 2.16. The Morgan fingerprint density at radius 2 is 1.81 bits per heavy atom. The van der Waals surface area contributed by atoms with Crippen LogP contribution in [0.15, 0.2) is 41.3 Å². The molecule has 2 aromatic rings. The predicted octanol–water partition coefficient (Wildman–Crippen LogP) is 3.80. The van der Waals surface area contributed by atoms with Crippen LogP contribution in [0.2, 0.25) is 10.0 Å². The number of nitriles is 1. The SMILES string of the molecule is N#Cc1ccc(S(=O)(=O)Nc2ccc(Cl)c(F)c2)cc1Cl. The minimum Gasteiger partial charge on any atom is -0.280 e. The first-order chi connectivity index (χ1) is 9.83. The molecular weight excluding hydrogens is 338 g/mol. The molecule has 0 spiro atoms. The van der Waals surface area contributed by atoms with Gasteiger partial charge < -0.3 is 0 Å². The van der Waals surface area contributed by atoms with Gasteiger partial charge in [-0.2, -0.15) is 5.26 Å². The molecule has 21 heavy (non-hydrogen) atoms. The van der Waals surface area contributed by atoms with Crippen LogP contribution in [0, 0.1) is 17.1 Å². The number of hydrogen-bond donors (Lipinski definition) is 1.